The van der Waals surface area contributed by atoms with Gasteiger partial charge < -0.3 is 0 Å². The zero-order chi connectivity index (χ0) is 35.6. The first-order valence-electron chi connectivity index (χ1n) is 18.5. The summed E-state index contributed by atoms with van der Waals surface area (Å²) in [5.74, 6) is 0. The molecule has 3 aromatic heterocycles. The third-order valence-electron chi connectivity index (χ3n) is 11.3. The highest BCUT2D eigenvalue weighted by molar-refractivity contribution is 6.09. The molecular weight excluding hydrogens is 655 g/mol. The molecule has 0 radical (unpaired) electrons. The highest BCUT2D eigenvalue weighted by Crippen LogP contribution is 2.57. The quantitative estimate of drug-likeness (QED) is 0.180. The summed E-state index contributed by atoms with van der Waals surface area (Å²) >= 11 is 0. The van der Waals surface area contributed by atoms with Crippen molar-refractivity contribution >= 4 is 27.1 Å². The average molecular weight is 688 g/mol. The van der Waals surface area contributed by atoms with Gasteiger partial charge >= 0.3 is 0 Å². The number of rotatable bonds is 5. The Labute approximate surface area is 313 Å². The lowest BCUT2D eigenvalue weighted by atomic mass is 9.67. The third-order valence-corrected chi connectivity index (χ3v) is 11.3. The topological polar surface area (TPSA) is 30.2 Å². The average Bonchev–Trinajstić information content (AvgIpc) is 3.79. The lowest BCUT2D eigenvalue weighted by Crippen LogP contribution is -2.28. The molecular formula is C51H33N3. The molecule has 0 N–H and O–H groups in total. The maximum atomic E-state index is 5.55. The Kier molecular flexibility index (Phi) is 6.77. The molecule has 0 saturated carbocycles. The molecule has 0 atom stereocenters. The van der Waals surface area contributed by atoms with Gasteiger partial charge in [-0.2, -0.15) is 5.10 Å². The lowest BCUT2D eigenvalue weighted by Gasteiger charge is -2.34. The van der Waals surface area contributed by atoms with E-state index in [0.717, 1.165) is 50.1 Å². The molecule has 10 aromatic rings. The van der Waals surface area contributed by atoms with Gasteiger partial charge in [0.1, 0.15) is 5.69 Å². The van der Waals surface area contributed by atoms with Crippen LogP contribution < -0.4 is 0 Å². The maximum Gasteiger partial charge on any atom is 0.101 e. The SMILES string of the molecule is c1ccc(C2(c3ccccc3)c3ccccc3-c3ccc(-c4c(-c5ccc6ccccc6c5)nn5c(-c6ccccn6)cc6ccccc6c45)cc32)cc1. The standard InChI is InChI=1S/C51H33N3/c1-3-18-39(19-4-1)51(40-20-5-2-6-21-40)44-24-12-11-23-42(44)43-29-28-37(32-45(43)51)48-49(38-27-26-34-15-7-8-16-35(34)31-38)53-54-47(46-25-13-14-30-52-46)33-36-17-9-10-22-41(36)50(48)54/h1-33H. The Morgan fingerprint density at radius 2 is 1.09 bits per heavy atom. The second-order valence-corrected chi connectivity index (χ2v) is 14.2. The highest BCUT2D eigenvalue weighted by atomic mass is 15.2. The van der Waals surface area contributed by atoms with Crippen molar-refractivity contribution in [3.63, 3.8) is 0 Å². The Morgan fingerprint density at radius 1 is 0.444 bits per heavy atom. The van der Waals surface area contributed by atoms with Crippen LogP contribution in [-0.2, 0) is 5.41 Å². The summed E-state index contributed by atoms with van der Waals surface area (Å²) in [6.07, 6.45) is 1.86. The van der Waals surface area contributed by atoms with E-state index in [2.05, 4.69) is 187 Å². The number of benzene rings is 7. The fourth-order valence-corrected chi connectivity index (χ4v) is 9.00. The van der Waals surface area contributed by atoms with Crippen LogP contribution in [0.1, 0.15) is 22.3 Å². The van der Waals surface area contributed by atoms with Gasteiger partial charge in [-0.25, -0.2) is 4.52 Å². The summed E-state index contributed by atoms with van der Waals surface area (Å²) in [5.41, 5.74) is 14.2. The minimum atomic E-state index is -0.516. The van der Waals surface area contributed by atoms with Crippen molar-refractivity contribution < 1.29 is 0 Å². The van der Waals surface area contributed by atoms with E-state index >= 15 is 0 Å². The van der Waals surface area contributed by atoms with Crippen molar-refractivity contribution in [3.8, 4) is 44.9 Å². The van der Waals surface area contributed by atoms with Crippen molar-refractivity contribution in [1.82, 2.24) is 14.6 Å². The fourth-order valence-electron chi connectivity index (χ4n) is 9.00. The van der Waals surface area contributed by atoms with Crippen molar-refractivity contribution in [2.24, 2.45) is 0 Å². The van der Waals surface area contributed by atoms with Gasteiger partial charge in [0, 0.05) is 22.7 Å². The molecule has 3 heteroatoms. The molecule has 0 unspecified atom stereocenters. The van der Waals surface area contributed by atoms with E-state index in [9.17, 15) is 0 Å². The molecule has 54 heavy (non-hydrogen) atoms. The predicted octanol–water partition coefficient (Wildman–Crippen LogP) is 12.4. The minimum absolute atomic E-state index is 0.516. The Morgan fingerprint density at radius 3 is 1.87 bits per heavy atom. The Hall–Kier alpha value is -7.10. The smallest absolute Gasteiger partial charge is 0.101 e. The number of nitrogens with zero attached hydrogens (tertiary/aromatic N) is 3. The molecule has 0 aliphatic heterocycles. The largest absolute Gasteiger partial charge is 0.255 e. The second kappa shape index (κ2) is 12.0. The zero-order valence-corrected chi connectivity index (χ0v) is 29.4. The van der Waals surface area contributed by atoms with Crippen molar-refractivity contribution in [3.05, 3.63) is 223 Å². The normalized spacial score (nSPS) is 13.0. The highest BCUT2D eigenvalue weighted by Gasteiger charge is 2.46. The molecule has 0 bridgehead atoms. The summed E-state index contributed by atoms with van der Waals surface area (Å²) < 4.78 is 2.13. The fraction of sp³-hybridized carbons (Fsp3) is 0.0196. The number of fused-ring (bicyclic) bond motifs is 7. The number of pyridine rings is 2. The van der Waals surface area contributed by atoms with Crippen LogP contribution in [0.3, 0.4) is 0 Å². The minimum Gasteiger partial charge on any atom is -0.255 e. The van der Waals surface area contributed by atoms with Crippen LogP contribution in [0.15, 0.2) is 200 Å². The van der Waals surface area contributed by atoms with E-state index in [-0.39, 0.29) is 0 Å². The maximum absolute atomic E-state index is 5.55. The van der Waals surface area contributed by atoms with E-state index < -0.39 is 5.41 Å². The van der Waals surface area contributed by atoms with E-state index in [1.165, 1.54) is 44.2 Å². The molecule has 0 spiro atoms. The molecule has 1 aliphatic rings. The monoisotopic (exact) mass is 687 g/mol. The molecule has 1 aliphatic carbocycles. The molecule has 11 rings (SSSR count). The van der Waals surface area contributed by atoms with Gasteiger partial charge in [0.2, 0.25) is 0 Å². The van der Waals surface area contributed by atoms with Crippen molar-refractivity contribution in [1.29, 1.82) is 0 Å². The molecule has 7 aromatic carbocycles. The zero-order valence-electron chi connectivity index (χ0n) is 29.4. The molecule has 252 valence electrons. The summed E-state index contributed by atoms with van der Waals surface area (Å²) in [6.45, 7) is 0. The van der Waals surface area contributed by atoms with E-state index in [1.807, 2.05) is 18.3 Å². The molecule has 0 saturated heterocycles. The molecule has 0 fully saturated rings. The third kappa shape index (κ3) is 4.42. The van der Waals surface area contributed by atoms with E-state index in [1.54, 1.807) is 0 Å². The number of aromatic nitrogens is 3. The van der Waals surface area contributed by atoms with Gasteiger partial charge in [0.05, 0.1) is 22.3 Å². The summed E-state index contributed by atoms with van der Waals surface area (Å²) in [7, 11) is 0. The van der Waals surface area contributed by atoms with E-state index in [0.29, 0.717) is 0 Å². The van der Waals surface area contributed by atoms with Gasteiger partial charge in [-0.15, -0.1) is 0 Å². The molecule has 3 nitrogen and oxygen atoms in total. The first-order valence-corrected chi connectivity index (χ1v) is 18.5. The van der Waals surface area contributed by atoms with Crippen molar-refractivity contribution in [2.75, 3.05) is 0 Å². The van der Waals surface area contributed by atoms with Crippen LogP contribution in [0.2, 0.25) is 0 Å². The summed E-state index contributed by atoms with van der Waals surface area (Å²) in [4.78, 5) is 4.83. The van der Waals surface area contributed by atoms with Crippen LogP contribution in [0.25, 0.3) is 72.0 Å². The predicted molar refractivity (Wildman–Crippen MR) is 222 cm³/mol. The van der Waals surface area contributed by atoms with Crippen molar-refractivity contribution in [2.45, 2.75) is 5.41 Å². The first kappa shape index (κ1) is 30.5. The first-order chi connectivity index (χ1) is 26.8. The molecule has 3 heterocycles. The lowest BCUT2D eigenvalue weighted by molar-refractivity contribution is 0.769. The van der Waals surface area contributed by atoms with Crippen LogP contribution in [0.5, 0.6) is 0 Å². The van der Waals surface area contributed by atoms with E-state index in [4.69, 9.17) is 10.1 Å². The second-order valence-electron chi connectivity index (χ2n) is 14.2. The summed E-state index contributed by atoms with van der Waals surface area (Å²) in [5, 5.41) is 10.2. The van der Waals surface area contributed by atoms with Gasteiger partial charge in [0.15, 0.2) is 0 Å². The summed E-state index contributed by atoms with van der Waals surface area (Å²) in [6, 6.07) is 70.3. The van der Waals surface area contributed by atoms with Gasteiger partial charge in [0.25, 0.3) is 0 Å². The Balaban J connectivity index is 1.28. The van der Waals surface area contributed by atoms with Gasteiger partial charge in [-0.3, -0.25) is 4.98 Å². The van der Waals surface area contributed by atoms with Crippen LogP contribution in [-0.4, -0.2) is 14.6 Å². The van der Waals surface area contributed by atoms with Gasteiger partial charge in [-0.1, -0.05) is 164 Å². The van der Waals surface area contributed by atoms with Crippen LogP contribution in [0.4, 0.5) is 0 Å². The van der Waals surface area contributed by atoms with Gasteiger partial charge in [-0.05, 0) is 85.4 Å². The number of hydrogen-bond acceptors (Lipinski definition) is 2. The van der Waals surface area contributed by atoms with Crippen LogP contribution in [0, 0.1) is 0 Å². The molecule has 0 amide bonds. The Bertz CT molecular complexity index is 3000. The number of hydrogen-bond donors (Lipinski definition) is 0. The van der Waals surface area contributed by atoms with Crippen LogP contribution >= 0.6 is 0 Å².